The zero-order chi connectivity index (χ0) is 12.4. The fraction of sp³-hybridized carbons (Fsp3) is 0.385. The van der Waals surface area contributed by atoms with Crippen LogP contribution in [0.3, 0.4) is 0 Å². The summed E-state index contributed by atoms with van der Waals surface area (Å²) in [5.74, 6) is 0.866. The van der Waals surface area contributed by atoms with Gasteiger partial charge in [0.05, 0.1) is 6.10 Å². The quantitative estimate of drug-likeness (QED) is 0.627. The summed E-state index contributed by atoms with van der Waals surface area (Å²) < 4.78 is 7.40. The van der Waals surface area contributed by atoms with E-state index in [0.717, 1.165) is 42.2 Å². The van der Waals surface area contributed by atoms with Crippen LogP contribution in [-0.2, 0) is 4.74 Å². The van der Waals surface area contributed by atoms with E-state index in [4.69, 9.17) is 4.74 Å². The summed E-state index contributed by atoms with van der Waals surface area (Å²) in [7, 11) is 0. The van der Waals surface area contributed by atoms with Crippen LogP contribution in [0.25, 0.3) is 5.65 Å². The van der Waals surface area contributed by atoms with Crippen molar-refractivity contribution >= 4 is 23.7 Å². The van der Waals surface area contributed by atoms with Gasteiger partial charge in [0.2, 0.25) is 0 Å². The van der Waals surface area contributed by atoms with Crippen molar-refractivity contribution in [3.05, 3.63) is 30.1 Å². The fourth-order valence-corrected chi connectivity index (χ4v) is 3.21. The minimum absolute atomic E-state index is 0.305. The van der Waals surface area contributed by atoms with Gasteiger partial charge in [-0.15, -0.1) is 11.8 Å². The lowest BCUT2D eigenvalue weighted by Gasteiger charge is -2.06. The number of carbonyl (C=O) groups is 1. The Morgan fingerprint density at radius 2 is 2.50 bits per heavy atom. The Morgan fingerprint density at radius 1 is 1.56 bits per heavy atom. The van der Waals surface area contributed by atoms with Gasteiger partial charge in [-0.3, -0.25) is 9.20 Å². The number of hydrogen-bond donors (Lipinski definition) is 0. The molecule has 0 radical (unpaired) electrons. The number of thioether (sulfide) groups is 1. The molecule has 2 aromatic heterocycles. The maximum absolute atomic E-state index is 11.2. The Balaban J connectivity index is 1.84. The first-order chi connectivity index (χ1) is 8.88. The van der Waals surface area contributed by atoms with E-state index in [2.05, 4.69) is 4.98 Å². The summed E-state index contributed by atoms with van der Waals surface area (Å²) in [6.45, 7) is 0.858. The van der Waals surface area contributed by atoms with Gasteiger partial charge in [0.15, 0.2) is 6.29 Å². The van der Waals surface area contributed by atoms with Crippen LogP contribution in [0.15, 0.2) is 29.4 Å². The first-order valence-corrected chi connectivity index (χ1v) is 7.03. The number of nitrogens with zero attached hydrogens (tertiary/aromatic N) is 2. The van der Waals surface area contributed by atoms with E-state index in [1.807, 2.05) is 28.8 Å². The van der Waals surface area contributed by atoms with Crippen LogP contribution >= 0.6 is 11.8 Å². The summed E-state index contributed by atoms with van der Waals surface area (Å²) in [6, 6.07) is 5.73. The van der Waals surface area contributed by atoms with E-state index in [1.54, 1.807) is 11.8 Å². The lowest BCUT2D eigenvalue weighted by molar-refractivity contribution is 0.111. The summed E-state index contributed by atoms with van der Waals surface area (Å²) in [4.78, 5) is 15.7. The second-order valence-electron chi connectivity index (χ2n) is 4.29. The molecule has 0 amide bonds. The maximum Gasteiger partial charge on any atom is 0.169 e. The van der Waals surface area contributed by atoms with Crippen molar-refractivity contribution in [2.24, 2.45) is 0 Å². The number of pyridine rings is 1. The summed E-state index contributed by atoms with van der Waals surface area (Å²) in [6.07, 6.45) is 5.28. The Bertz CT molecular complexity index is 561. The SMILES string of the molecule is O=Cc1c(SCC2CCCO2)nc2ccccn12. The number of fused-ring (bicyclic) bond motifs is 1. The van der Waals surface area contributed by atoms with Gasteiger partial charge in [-0.05, 0) is 25.0 Å². The zero-order valence-corrected chi connectivity index (χ0v) is 10.7. The monoisotopic (exact) mass is 262 g/mol. The highest BCUT2D eigenvalue weighted by molar-refractivity contribution is 7.99. The van der Waals surface area contributed by atoms with Gasteiger partial charge in [0, 0.05) is 18.6 Å². The lowest BCUT2D eigenvalue weighted by atomic mass is 10.3. The predicted molar refractivity (Wildman–Crippen MR) is 70.3 cm³/mol. The molecule has 5 heteroatoms. The molecule has 1 aliphatic heterocycles. The van der Waals surface area contributed by atoms with Crippen molar-refractivity contribution in [1.29, 1.82) is 0 Å². The van der Waals surface area contributed by atoms with E-state index in [0.29, 0.717) is 11.8 Å². The van der Waals surface area contributed by atoms with Crippen LogP contribution in [-0.4, -0.2) is 34.1 Å². The Kier molecular flexibility index (Phi) is 3.34. The number of imidazole rings is 1. The van der Waals surface area contributed by atoms with Crippen molar-refractivity contribution in [1.82, 2.24) is 9.38 Å². The lowest BCUT2D eigenvalue weighted by Crippen LogP contribution is -2.08. The largest absolute Gasteiger partial charge is 0.377 e. The normalized spacial score (nSPS) is 19.4. The standard InChI is InChI=1S/C13H14N2O2S/c16-8-11-13(18-9-10-4-3-7-17-10)14-12-5-1-2-6-15(11)12/h1-2,5-6,8,10H,3-4,7,9H2. The molecule has 1 fully saturated rings. The molecule has 3 rings (SSSR count). The van der Waals surface area contributed by atoms with Gasteiger partial charge >= 0.3 is 0 Å². The Morgan fingerprint density at radius 3 is 3.28 bits per heavy atom. The van der Waals surface area contributed by atoms with E-state index >= 15 is 0 Å². The number of hydrogen-bond acceptors (Lipinski definition) is 4. The smallest absolute Gasteiger partial charge is 0.169 e. The molecule has 1 unspecified atom stereocenters. The predicted octanol–water partition coefficient (Wildman–Crippen LogP) is 2.42. The van der Waals surface area contributed by atoms with E-state index < -0.39 is 0 Å². The summed E-state index contributed by atoms with van der Waals surface area (Å²) in [5, 5.41) is 0.798. The van der Waals surface area contributed by atoms with Crippen LogP contribution in [0, 0.1) is 0 Å². The topological polar surface area (TPSA) is 43.6 Å². The van der Waals surface area contributed by atoms with Crippen molar-refractivity contribution in [3.63, 3.8) is 0 Å². The number of aldehydes is 1. The molecule has 0 aromatic carbocycles. The van der Waals surface area contributed by atoms with Crippen molar-refractivity contribution < 1.29 is 9.53 Å². The third-order valence-electron chi connectivity index (χ3n) is 3.07. The summed E-state index contributed by atoms with van der Waals surface area (Å²) >= 11 is 1.61. The van der Waals surface area contributed by atoms with Gasteiger partial charge in [-0.25, -0.2) is 4.98 Å². The molecule has 4 nitrogen and oxygen atoms in total. The molecule has 1 aliphatic rings. The summed E-state index contributed by atoms with van der Waals surface area (Å²) in [5.41, 5.74) is 1.45. The Labute approximate surface area is 109 Å². The molecule has 94 valence electrons. The number of carbonyl (C=O) groups excluding carboxylic acids is 1. The van der Waals surface area contributed by atoms with Gasteiger partial charge in [0.1, 0.15) is 16.4 Å². The molecule has 0 bridgehead atoms. The van der Waals surface area contributed by atoms with E-state index in [1.165, 1.54) is 0 Å². The highest BCUT2D eigenvalue weighted by Crippen LogP contribution is 2.26. The van der Waals surface area contributed by atoms with Gasteiger partial charge < -0.3 is 4.74 Å². The third-order valence-corrected chi connectivity index (χ3v) is 4.19. The molecule has 2 aromatic rings. The number of ether oxygens (including phenoxy) is 1. The molecule has 0 N–H and O–H groups in total. The average Bonchev–Trinajstić information content (AvgIpc) is 3.03. The maximum atomic E-state index is 11.2. The third kappa shape index (κ3) is 2.15. The van der Waals surface area contributed by atoms with Crippen molar-refractivity contribution in [2.75, 3.05) is 12.4 Å². The second kappa shape index (κ2) is 5.12. The van der Waals surface area contributed by atoms with Crippen LogP contribution in [0.1, 0.15) is 23.3 Å². The minimum Gasteiger partial charge on any atom is -0.377 e. The van der Waals surface area contributed by atoms with Crippen LogP contribution in [0.2, 0.25) is 0 Å². The second-order valence-corrected chi connectivity index (χ2v) is 5.30. The molecular weight excluding hydrogens is 248 g/mol. The van der Waals surface area contributed by atoms with Crippen LogP contribution < -0.4 is 0 Å². The molecular formula is C13H14N2O2S. The molecule has 1 saturated heterocycles. The van der Waals surface area contributed by atoms with Crippen molar-refractivity contribution in [2.45, 2.75) is 24.0 Å². The Hall–Kier alpha value is -1.33. The van der Waals surface area contributed by atoms with Crippen LogP contribution in [0.4, 0.5) is 0 Å². The molecule has 0 saturated carbocycles. The first kappa shape index (κ1) is 11.7. The molecule has 0 spiro atoms. The van der Waals surface area contributed by atoms with E-state index in [9.17, 15) is 4.79 Å². The molecule has 3 heterocycles. The van der Waals surface area contributed by atoms with E-state index in [-0.39, 0.29) is 0 Å². The number of rotatable bonds is 4. The van der Waals surface area contributed by atoms with Crippen molar-refractivity contribution in [3.8, 4) is 0 Å². The minimum atomic E-state index is 0.305. The highest BCUT2D eigenvalue weighted by Gasteiger charge is 2.18. The average molecular weight is 262 g/mol. The first-order valence-electron chi connectivity index (χ1n) is 6.05. The molecule has 0 aliphatic carbocycles. The molecule has 18 heavy (non-hydrogen) atoms. The molecule has 1 atom stereocenters. The van der Waals surface area contributed by atoms with Crippen LogP contribution in [0.5, 0.6) is 0 Å². The number of aromatic nitrogens is 2. The zero-order valence-electron chi connectivity index (χ0n) is 9.91. The van der Waals surface area contributed by atoms with Gasteiger partial charge in [0.25, 0.3) is 0 Å². The van der Waals surface area contributed by atoms with Gasteiger partial charge in [-0.2, -0.15) is 0 Å². The highest BCUT2D eigenvalue weighted by atomic mass is 32.2. The van der Waals surface area contributed by atoms with Gasteiger partial charge in [-0.1, -0.05) is 6.07 Å². The fourth-order valence-electron chi connectivity index (χ4n) is 2.15.